The van der Waals surface area contributed by atoms with Crippen LogP contribution in [0, 0.1) is 5.41 Å². The van der Waals surface area contributed by atoms with E-state index in [0.29, 0.717) is 42.9 Å². The van der Waals surface area contributed by atoms with Gasteiger partial charge in [0.15, 0.2) is 5.78 Å². The van der Waals surface area contributed by atoms with E-state index in [1.54, 1.807) is 12.3 Å². The van der Waals surface area contributed by atoms with E-state index in [1.807, 2.05) is 34.8 Å². The topological polar surface area (TPSA) is 100 Å². The van der Waals surface area contributed by atoms with Gasteiger partial charge >= 0.3 is 0 Å². The van der Waals surface area contributed by atoms with Gasteiger partial charge in [-0.15, -0.1) is 0 Å². The van der Waals surface area contributed by atoms with Crippen LogP contribution in [0.4, 0.5) is 0 Å². The third-order valence-corrected chi connectivity index (χ3v) is 7.46. The number of fused-ring (bicyclic) bond motifs is 2. The number of hydrogen-bond acceptors (Lipinski definition) is 4. The minimum atomic E-state index is -0.168. The molecule has 1 fully saturated rings. The maximum atomic E-state index is 13.4. The Morgan fingerprint density at radius 1 is 1.17 bits per heavy atom. The summed E-state index contributed by atoms with van der Waals surface area (Å²) in [5.41, 5.74) is 3.32. The van der Waals surface area contributed by atoms with Gasteiger partial charge in [-0.3, -0.25) is 19.1 Å². The number of rotatable bonds is 3. The molecule has 3 aromatic rings. The molecule has 1 saturated heterocycles. The Hall–Kier alpha value is -3.42. The van der Waals surface area contributed by atoms with Crippen LogP contribution >= 0.6 is 0 Å². The number of carbonyl (C=O) groups excluding carboxylic acids is 3. The molecule has 2 aromatic heterocycles. The quantitative estimate of drug-likeness (QED) is 0.600. The van der Waals surface area contributed by atoms with Gasteiger partial charge in [-0.05, 0) is 70.6 Å². The molecule has 0 radical (unpaired) electrons. The Bertz CT molecular complexity index is 1320. The number of nitrogens with zero attached hydrogens (tertiary/aromatic N) is 3. The third kappa shape index (κ3) is 4.15. The lowest BCUT2D eigenvalue weighted by Crippen LogP contribution is -2.46. The molecular formula is C27H33N5O3. The molecule has 2 aliphatic rings. The van der Waals surface area contributed by atoms with Crippen molar-refractivity contribution in [2.75, 3.05) is 19.6 Å². The van der Waals surface area contributed by atoms with E-state index < -0.39 is 0 Å². The predicted molar refractivity (Wildman–Crippen MR) is 134 cm³/mol. The first-order chi connectivity index (χ1) is 16.6. The summed E-state index contributed by atoms with van der Waals surface area (Å²) in [6.07, 6.45) is 6.63. The van der Waals surface area contributed by atoms with Gasteiger partial charge < -0.3 is 15.2 Å². The van der Waals surface area contributed by atoms with Crippen LogP contribution in [-0.2, 0) is 12.0 Å². The van der Waals surface area contributed by atoms with Crippen LogP contribution in [-0.4, -0.2) is 56.9 Å². The number of carbonyl (C=O) groups is 3. The van der Waals surface area contributed by atoms with Crippen LogP contribution in [0.2, 0.25) is 0 Å². The molecule has 3 heterocycles. The Balaban J connectivity index is 1.32. The predicted octanol–water partition coefficient (Wildman–Crippen LogP) is 3.92. The third-order valence-electron chi connectivity index (χ3n) is 7.46. The van der Waals surface area contributed by atoms with Crippen molar-refractivity contribution in [3.05, 3.63) is 53.0 Å². The first kappa shape index (κ1) is 23.3. The number of Topliss-reactive ketones (excluding diaryl/α,β-unsaturated/α-hetero) is 1. The maximum absolute atomic E-state index is 13.4. The summed E-state index contributed by atoms with van der Waals surface area (Å²) < 4.78 is 1.90. The minimum absolute atomic E-state index is 0.0341. The monoisotopic (exact) mass is 475 g/mol. The molecule has 0 saturated carbocycles. The molecule has 0 unspecified atom stereocenters. The summed E-state index contributed by atoms with van der Waals surface area (Å²) in [5, 5.41) is 8.15. The summed E-state index contributed by atoms with van der Waals surface area (Å²) >= 11 is 0. The fourth-order valence-corrected chi connectivity index (χ4v) is 5.43. The van der Waals surface area contributed by atoms with Gasteiger partial charge in [0, 0.05) is 60.5 Å². The highest BCUT2D eigenvalue weighted by molar-refractivity contribution is 6.08. The fourth-order valence-electron chi connectivity index (χ4n) is 5.43. The van der Waals surface area contributed by atoms with Crippen LogP contribution in [0.25, 0.3) is 10.9 Å². The largest absolute Gasteiger partial charge is 0.360 e. The standard InChI is InChI=1S/C27H33N5O3/c1-5-28-24(34)20-15-29-21-7-6-17(12-19(20)21)25(35)31-10-8-27(9-11-31)13-18-16-32(26(2,3)4)30-23(18)22(33)14-27/h6-7,12,15-16,29H,5,8-11,13-14H2,1-4H3,(H,28,34). The summed E-state index contributed by atoms with van der Waals surface area (Å²) in [4.78, 5) is 43.7. The zero-order valence-electron chi connectivity index (χ0n) is 20.9. The van der Waals surface area contributed by atoms with Crippen molar-refractivity contribution in [2.45, 2.75) is 58.9 Å². The lowest BCUT2D eigenvalue weighted by Gasteiger charge is -2.43. The van der Waals surface area contributed by atoms with Crippen molar-refractivity contribution in [1.29, 1.82) is 0 Å². The van der Waals surface area contributed by atoms with Gasteiger partial charge in [0.2, 0.25) is 0 Å². The van der Waals surface area contributed by atoms with Crippen LogP contribution in [0.15, 0.2) is 30.6 Å². The molecule has 0 bridgehead atoms. The average molecular weight is 476 g/mol. The fraction of sp³-hybridized carbons (Fsp3) is 0.481. The minimum Gasteiger partial charge on any atom is -0.360 e. The number of aromatic nitrogens is 3. The van der Waals surface area contributed by atoms with Crippen LogP contribution in [0.3, 0.4) is 0 Å². The zero-order valence-corrected chi connectivity index (χ0v) is 20.9. The highest BCUT2D eigenvalue weighted by Crippen LogP contribution is 2.43. The van der Waals surface area contributed by atoms with E-state index in [9.17, 15) is 14.4 Å². The number of likely N-dealkylation sites (tertiary alicyclic amines) is 1. The van der Waals surface area contributed by atoms with Crippen LogP contribution in [0.5, 0.6) is 0 Å². The van der Waals surface area contributed by atoms with E-state index >= 15 is 0 Å². The molecule has 1 aliphatic carbocycles. The molecule has 8 heteroatoms. The molecular weight excluding hydrogens is 442 g/mol. The van der Waals surface area contributed by atoms with Gasteiger partial charge in [0.05, 0.1) is 11.1 Å². The number of amides is 2. The smallest absolute Gasteiger partial charge is 0.253 e. The summed E-state index contributed by atoms with van der Waals surface area (Å²) in [5.74, 6) is -0.0719. The molecule has 35 heavy (non-hydrogen) atoms. The second-order valence-corrected chi connectivity index (χ2v) is 11.0. The van der Waals surface area contributed by atoms with Crippen molar-refractivity contribution < 1.29 is 14.4 Å². The molecule has 2 N–H and O–H groups in total. The van der Waals surface area contributed by atoms with Gasteiger partial charge in [0.1, 0.15) is 5.69 Å². The highest BCUT2D eigenvalue weighted by Gasteiger charge is 2.43. The Labute approximate surface area is 205 Å². The lowest BCUT2D eigenvalue weighted by atomic mass is 9.67. The van der Waals surface area contributed by atoms with E-state index in [2.05, 4.69) is 36.2 Å². The number of ketones is 1. The molecule has 1 aromatic carbocycles. The molecule has 2 amide bonds. The van der Waals surface area contributed by atoms with Crippen molar-refractivity contribution in [2.24, 2.45) is 5.41 Å². The van der Waals surface area contributed by atoms with Crippen LogP contribution in [0.1, 0.15) is 83.7 Å². The van der Waals surface area contributed by atoms with Gasteiger partial charge in [-0.25, -0.2) is 0 Å². The molecule has 0 atom stereocenters. The van der Waals surface area contributed by atoms with E-state index in [1.165, 1.54) is 0 Å². The number of aromatic amines is 1. The van der Waals surface area contributed by atoms with E-state index in [0.717, 1.165) is 35.7 Å². The summed E-state index contributed by atoms with van der Waals surface area (Å²) in [6.45, 7) is 9.90. The van der Waals surface area contributed by atoms with E-state index in [-0.39, 0.29) is 28.6 Å². The number of piperidine rings is 1. The zero-order chi connectivity index (χ0) is 25.0. The Kier molecular flexibility index (Phi) is 5.57. The second kappa shape index (κ2) is 8.36. The maximum Gasteiger partial charge on any atom is 0.253 e. The van der Waals surface area contributed by atoms with Gasteiger partial charge in [-0.1, -0.05) is 0 Å². The number of H-pyrrole nitrogens is 1. The molecule has 184 valence electrons. The molecule has 1 aliphatic heterocycles. The number of nitrogens with one attached hydrogen (secondary N) is 2. The van der Waals surface area contributed by atoms with E-state index in [4.69, 9.17) is 0 Å². The normalized spacial score (nSPS) is 17.6. The Morgan fingerprint density at radius 3 is 2.60 bits per heavy atom. The lowest BCUT2D eigenvalue weighted by molar-refractivity contribution is 0.0519. The second-order valence-electron chi connectivity index (χ2n) is 11.0. The molecule has 5 rings (SSSR count). The van der Waals surface area contributed by atoms with Crippen molar-refractivity contribution in [3.8, 4) is 0 Å². The van der Waals surface area contributed by atoms with Gasteiger partial charge in [-0.2, -0.15) is 5.10 Å². The summed E-state index contributed by atoms with van der Waals surface area (Å²) in [6, 6.07) is 5.47. The average Bonchev–Trinajstić information content (AvgIpc) is 3.43. The van der Waals surface area contributed by atoms with Crippen LogP contribution < -0.4 is 5.32 Å². The van der Waals surface area contributed by atoms with Crippen molar-refractivity contribution in [3.63, 3.8) is 0 Å². The Morgan fingerprint density at radius 2 is 1.91 bits per heavy atom. The first-order valence-corrected chi connectivity index (χ1v) is 12.4. The van der Waals surface area contributed by atoms with Crippen molar-refractivity contribution in [1.82, 2.24) is 25.0 Å². The highest BCUT2D eigenvalue weighted by atomic mass is 16.2. The SMILES string of the molecule is CCNC(=O)c1c[nH]c2ccc(C(=O)N3CCC4(CC3)CC(=O)c3nn(C(C)(C)C)cc3C4)cc12. The number of hydrogen-bond donors (Lipinski definition) is 2. The van der Waals surface area contributed by atoms with Gasteiger partial charge in [0.25, 0.3) is 11.8 Å². The van der Waals surface area contributed by atoms with Crippen molar-refractivity contribution >= 4 is 28.5 Å². The molecule has 1 spiro atoms. The molecule has 8 nitrogen and oxygen atoms in total. The number of benzene rings is 1. The first-order valence-electron chi connectivity index (χ1n) is 12.4. The summed E-state index contributed by atoms with van der Waals surface area (Å²) in [7, 11) is 0.